The second kappa shape index (κ2) is 8.64. The van der Waals surface area contributed by atoms with Crippen molar-refractivity contribution in [3.8, 4) is 17.2 Å². The smallest absolute Gasteiger partial charge is 0.272 e. The Morgan fingerprint density at radius 1 is 1.17 bits per heavy atom. The molecular formula is C21H24N2O9S3. The maximum atomic E-state index is 13.9. The molecule has 190 valence electrons. The molecule has 5 aliphatic rings. The SMILES string of the molecule is COc1ccc(C2SSSC34CC5(O)C(O)C=CC(O)C5ON3C(=O)C2N(C)C4=O)c(O)c1OC. The normalized spacial score (nSPS) is 38.5. The number of piperazine rings is 1. The summed E-state index contributed by atoms with van der Waals surface area (Å²) < 4.78 is 10.5. The van der Waals surface area contributed by atoms with Gasteiger partial charge >= 0.3 is 0 Å². The summed E-state index contributed by atoms with van der Waals surface area (Å²) in [6, 6.07) is 2.13. The van der Waals surface area contributed by atoms with E-state index in [0.717, 1.165) is 15.9 Å². The fourth-order valence-electron chi connectivity index (χ4n) is 5.02. The number of amides is 2. The number of aliphatic hydroxyl groups excluding tert-OH is 2. The molecule has 1 aliphatic carbocycles. The van der Waals surface area contributed by atoms with E-state index in [9.17, 15) is 30.0 Å². The molecule has 14 heteroatoms. The third kappa shape index (κ3) is 3.38. The van der Waals surface area contributed by atoms with Crippen molar-refractivity contribution >= 4 is 43.2 Å². The van der Waals surface area contributed by atoms with Gasteiger partial charge in [-0.1, -0.05) is 29.0 Å². The van der Waals surface area contributed by atoms with Gasteiger partial charge in [0.25, 0.3) is 11.8 Å². The Hall–Kier alpha value is -1.81. The summed E-state index contributed by atoms with van der Waals surface area (Å²) in [6.45, 7) is 0. The minimum Gasteiger partial charge on any atom is -0.504 e. The van der Waals surface area contributed by atoms with Crippen LogP contribution in [0.4, 0.5) is 0 Å². The van der Waals surface area contributed by atoms with Crippen LogP contribution < -0.4 is 9.47 Å². The number of carbonyl (C=O) groups excluding carboxylic acids is 2. The highest BCUT2D eigenvalue weighted by Crippen LogP contribution is 2.63. The standard InChI is InChI=1S/C21H24N2O9S3/c1-22-13-16(9-4-6-11(30-2)15(31-3)14(9)26)33-35-34-21(19(22)28)8-20(29)12(25)7-5-10(24)17(20)32-23(21)18(13)27/h4-7,10,12-13,16-17,24-26,29H,8H2,1-3H3. The Morgan fingerprint density at radius 3 is 2.60 bits per heavy atom. The van der Waals surface area contributed by atoms with Crippen molar-refractivity contribution in [2.24, 2.45) is 0 Å². The molecule has 4 N–H and O–H groups in total. The lowest BCUT2D eigenvalue weighted by Gasteiger charge is -2.60. The maximum absolute atomic E-state index is 13.9. The van der Waals surface area contributed by atoms with Crippen LogP contribution in [0.2, 0.25) is 0 Å². The number of ether oxygens (including phenoxy) is 2. The number of hydrogen-bond donors (Lipinski definition) is 4. The summed E-state index contributed by atoms with van der Waals surface area (Å²) in [4.78, 5) is 33.1. The van der Waals surface area contributed by atoms with E-state index in [-0.39, 0.29) is 17.9 Å². The van der Waals surface area contributed by atoms with Gasteiger partial charge in [0, 0.05) is 19.0 Å². The van der Waals surface area contributed by atoms with Gasteiger partial charge in [-0.05, 0) is 26.7 Å². The van der Waals surface area contributed by atoms with E-state index < -0.39 is 51.9 Å². The molecule has 6 rings (SSSR count). The fraction of sp³-hybridized carbons (Fsp3) is 0.524. The number of fused-ring (bicyclic) bond motifs is 5. The number of benzene rings is 1. The number of rotatable bonds is 3. The molecule has 1 aromatic carbocycles. The van der Waals surface area contributed by atoms with Gasteiger partial charge in [0.15, 0.2) is 11.5 Å². The van der Waals surface area contributed by atoms with E-state index in [4.69, 9.17) is 14.3 Å². The van der Waals surface area contributed by atoms with Crippen molar-refractivity contribution in [1.29, 1.82) is 0 Å². The molecule has 0 aromatic heterocycles. The van der Waals surface area contributed by atoms with Crippen LogP contribution >= 0.6 is 31.4 Å². The Kier molecular flexibility index (Phi) is 6.14. The Morgan fingerprint density at radius 2 is 1.91 bits per heavy atom. The second-order valence-corrected chi connectivity index (χ2v) is 13.1. The van der Waals surface area contributed by atoms with Gasteiger partial charge in [-0.25, -0.2) is 0 Å². The topological polar surface area (TPSA) is 149 Å². The number of nitrogens with zero attached hydrogens (tertiary/aromatic N) is 2. The second-order valence-electron chi connectivity index (χ2n) is 8.70. The Labute approximate surface area is 212 Å². The van der Waals surface area contributed by atoms with Gasteiger partial charge in [0.2, 0.25) is 10.6 Å². The quantitative estimate of drug-likeness (QED) is 0.312. The molecular weight excluding hydrogens is 520 g/mol. The predicted octanol–water partition coefficient (Wildman–Crippen LogP) is 0.586. The fourth-order valence-corrected chi connectivity index (χ4v) is 10.7. The van der Waals surface area contributed by atoms with E-state index in [1.54, 1.807) is 12.1 Å². The number of aromatic hydroxyl groups is 1. The molecule has 0 saturated carbocycles. The molecule has 2 amide bonds. The van der Waals surface area contributed by atoms with E-state index in [1.165, 1.54) is 58.9 Å². The van der Waals surface area contributed by atoms with Crippen LogP contribution in [0.5, 0.6) is 17.2 Å². The highest BCUT2D eigenvalue weighted by atomic mass is 33.5. The van der Waals surface area contributed by atoms with Crippen molar-refractivity contribution in [3.63, 3.8) is 0 Å². The molecule has 4 saturated heterocycles. The average Bonchev–Trinajstić information content (AvgIpc) is 2.83. The number of methoxy groups -OCH3 is 2. The number of phenols is 1. The molecule has 11 nitrogen and oxygen atoms in total. The van der Waals surface area contributed by atoms with Gasteiger partial charge in [-0.2, -0.15) is 5.06 Å². The summed E-state index contributed by atoms with van der Waals surface area (Å²) in [5, 5.41) is 43.5. The van der Waals surface area contributed by atoms with Gasteiger partial charge < -0.3 is 34.8 Å². The zero-order chi connectivity index (χ0) is 25.3. The number of aliphatic hydroxyl groups is 3. The van der Waals surface area contributed by atoms with Gasteiger partial charge in [0.05, 0.1) is 19.5 Å². The van der Waals surface area contributed by atoms with Crippen LogP contribution in [0, 0.1) is 0 Å². The van der Waals surface area contributed by atoms with Crippen LogP contribution in [0.15, 0.2) is 24.3 Å². The zero-order valence-electron chi connectivity index (χ0n) is 18.9. The van der Waals surface area contributed by atoms with Crippen LogP contribution in [-0.2, 0) is 14.4 Å². The lowest BCUT2D eigenvalue weighted by Crippen LogP contribution is -2.78. The summed E-state index contributed by atoms with van der Waals surface area (Å²) in [5.41, 5.74) is -1.63. The number of carbonyl (C=O) groups is 2. The molecule has 1 spiro atoms. The van der Waals surface area contributed by atoms with E-state index in [1.807, 2.05) is 0 Å². The molecule has 1 aromatic rings. The lowest BCUT2D eigenvalue weighted by atomic mass is 9.75. The van der Waals surface area contributed by atoms with E-state index in [2.05, 4.69) is 0 Å². The van der Waals surface area contributed by atoms with E-state index >= 15 is 0 Å². The maximum Gasteiger partial charge on any atom is 0.272 e. The third-order valence-corrected chi connectivity index (χ3v) is 11.7. The summed E-state index contributed by atoms with van der Waals surface area (Å²) >= 11 is 0. The Bertz CT molecular complexity index is 1110. The molecule has 4 heterocycles. The largest absolute Gasteiger partial charge is 0.504 e. The number of hydrogen-bond acceptors (Lipinski definition) is 12. The first-order valence-corrected chi connectivity index (χ1v) is 14.1. The first-order valence-electron chi connectivity index (χ1n) is 10.6. The highest BCUT2D eigenvalue weighted by Gasteiger charge is 2.70. The van der Waals surface area contributed by atoms with Crippen LogP contribution in [0.3, 0.4) is 0 Å². The summed E-state index contributed by atoms with van der Waals surface area (Å²) in [6.07, 6.45) is -1.88. The van der Waals surface area contributed by atoms with Crippen molar-refractivity contribution < 1.29 is 44.3 Å². The Balaban J connectivity index is 1.60. The first-order chi connectivity index (χ1) is 16.6. The predicted molar refractivity (Wildman–Crippen MR) is 128 cm³/mol. The highest BCUT2D eigenvalue weighted by molar-refractivity contribution is 9.09. The molecule has 7 unspecified atom stereocenters. The minimum atomic E-state index is -1.99. The lowest BCUT2D eigenvalue weighted by molar-refractivity contribution is -0.329. The van der Waals surface area contributed by atoms with Crippen molar-refractivity contribution in [3.05, 3.63) is 29.8 Å². The van der Waals surface area contributed by atoms with Crippen molar-refractivity contribution in [2.45, 2.75) is 46.5 Å². The summed E-state index contributed by atoms with van der Waals surface area (Å²) in [5.74, 6) is -0.896. The first kappa shape index (κ1) is 24.9. The van der Waals surface area contributed by atoms with Crippen molar-refractivity contribution in [2.75, 3.05) is 21.3 Å². The monoisotopic (exact) mass is 544 g/mol. The minimum absolute atomic E-state index is 0.0993. The third-order valence-electron chi connectivity index (χ3n) is 6.86. The van der Waals surface area contributed by atoms with Crippen LogP contribution in [0.25, 0.3) is 0 Å². The van der Waals surface area contributed by atoms with Gasteiger partial charge in [-0.15, -0.1) is 0 Å². The molecule has 0 radical (unpaired) electrons. The number of likely N-dealkylation sites (N-methyl/N-ethyl adjacent to an activating group) is 1. The molecule has 2 bridgehead atoms. The van der Waals surface area contributed by atoms with Crippen molar-refractivity contribution in [1.82, 2.24) is 9.96 Å². The van der Waals surface area contributed by atoms with Crippen LogP contribution in [-0.4, -0.2) is 98.3 Å². The molecule has 7 atom stereocenters. The molecule has 4 fully saturated rings. The average molecular weight is 545 g/mol. The van der Waals surface area contributed by atoms with Gasteiger partial charge in [-0.3, -0.25) is 14.4 Å². The van der Waals surface area contributed by atoms with E-state index in [0.29, 0.717) is 11.3 Å². The molecule has 4 aliphatic heterocycles. The number of phenolic OH excluding ortho intramolecular Hbond substituents is 1. The molecule has 35 heavy (non-hydrogen) atoms. The number of hydroxylamine groups is 2. The zero-order valence-corrected chi connectivity index (χ0v) is 21.3. The van der Waals surface area contributed by atoms with Gasteiger partial charge in [0.1, 0.15) is 30.0 Å². The summed E-state index contributed by atoms with van der Waals surface area (Å²) in [7, 11) is 7.79. The van der Waals surface area contributed by atoms with Crippen LogP contribution in [0.1, 0.15) is 17.2 Å².